The number of unbranched alkanes of at least 4 members (excludes halogenated alkanes) is 14. The maximum absolute atomic E-state index is 12.1. The van der Waals surface area contributed by atoms with Gasteiger partial charge in [-0.2, -0.15) is 0 Å². The largest absolute Gasteiger partial charge is 0.394 e. The van der Waals surface area contributed by atoms with Crippen molar-refractivity contribution in [1.29, 1.82) is 0 Å². The van der Waals surface area contributed by atoms with E-state index in [9.17, 15) is 15.0 Å². The van der Waals surface area contributed by atoms with Gasteiger partial charge in [-0.1, -0.05) is 121 Å². The summed E-state index contributed by atoms with van der Waals surface area (Å²) in [5.41, 5.74) is 0. The molecule has 35 heavy (non-hydrogen) atoms. The second-order valence-electron chi connectivity index (χ2n) is 9.80. The van der Waals surface area contributed by atoms with Crippen molar-refractivity contribution in [2.75, 3.05) is 6.61 Å². The average molecular weight is 492 g/mol. The first-order valence-corrected chi connectivity index (χ1v) is 14.7. The van der Waals surface area contributed by atoms with Crippen LogP contribution in [0.4, 0.5) is 0 Å². The Morgan fingerprint density at radius 1 is 0.657 bits per heavy atom. The van der Waals surface area contributed by atoms with Crippen LogP contribution in [-0.2, 0) is 4.79 Å². The van der Waals surface area contributed by atoms with Crippen LogP contribution in [0.25, 0.3) is 0 Å². The predicted molar refractivity (Wildman–Crippen MR) is 152 cm³/mol. The van der Waals surface area contributed by atoms with Crippen LogP contribution in [0.2, 0.25) is 0 Å². The first-order chi connectivity index (χ1) is 17.2. The van der Waals surface area contributed by atoms with Crippen LogP contribution in [0.15, 0.2) is 36.5 Å². The second kappa shape index (κ2) is 27.2. The zero-order valence-corrected chi connectivity index (χ0v) is 23.1. The third-order valence-corrected chi connectivity index (χ3v) is 6.35. The molecule has 2 unspecified atom stereocenters. The maximum atomic E-state index is 12.1. The van der Waals surface area contributed by atoms with Gasteiger partial charge < -0.3 is 15.5 Å². The number of carbonyl (C=O) groups is 1. The lowest BCUT2D eigenvalue weighted by Crippen LogP contribution is -2.45. The first-order valence-electron chi connectivity index (χ1n) is 14.7. The minimum Gasteiger partial charge on any atom is -0.394 e. The summed E-state index contributed by atoms with van der Waals surface area (Å²) in [6, 6.07) is -0.637. The Bertz CT molecular complexity index is 541. The lowest BCUT2D eigenvalue weighted by Gasteiger charge is -2.19. The van der Waals surface area contributed by atoms with Gasteiger partial charge in [0.25, 0.3) is 0 Å². The van der Waals surface area contributed by atoms with Crippen molar-refractivity contribution in [1.82, 2.24) is 5.32 Å². The van der Waals surface area contributed by atoms with E-state index < -0.39 is 12.1 Å². The predicted octanol–water partition coefficient (Wildman–Crippen LogP) is 7.94. The molecule has 204 valence electrons. The van der Waals surface area contributed by atoms with Gasteiger partial charge in [-0.05, 0) is 44.9 Å². The van der Waals surface area contributed by atoms with Crippen LogP contribution >= 0.6 is 0 Å². The molecule has 0 aromatic rings. The molecule has 0 fully saturated rings. The Kier molecular flexibility index (Phi) is 26.1. The minimum atomic E-state index is -0.862. The number of aliphatic hydroxyl groups is 2. The van der Waals surface area contributed by atoms with E-state index in [1.807, 2.05) is 6.08 Å². The Morgan fingerprint density at radius 2 is 1.11 bits per heavy atom. The molecule has 4 nitrogen and oxygen atoms in total. The van der Waals surface area contributed by atoms with E-state index in [2.05, 4.69) is 43.5 Å². The number of hydrogen-bond donors (Lipinski definition) is 3. The maximum Gasteiger partial charge on any atom is 0.220 e. The van der Waals surface area contributed by atoms with Gasteiger partial charge in [-0.3, -0.25) is 4.79 Å². The lowest BCUT2D eigenvalue weighted by molar-refractivity contribution is -0.123. The van der Waals surface area contributed by atoms with Crippen LogP contribution in [-0.4, -0.2) is 34.9 Å². The van der Waals surface area contributed by atoms with Gasteiger partial charge in [-0.25, -0.2) is 0 Å². The highest BCUT2D eigenvalue weighted by Crippen LogP contribution is 2.09. The minimum absolute atomic E-state index is 0.0889. The van der Waals surface area contributed by atoms with Crippen molar-refractivity contribution in [3.8, 4) is 0 Å². The summed E-state index contributed by atoms with van der Waals surface area (Å²) in [6.45, 7) is 4.20. The Balaban J connectivity index is 3.79. The van der Waals surface area contributed by atoms with Crippen molar-refractivity contribution >= 4 is 5.91 Å². The molecule has 4 heteroatoms. The summed E-state index contributed by atoms with van der Waals surface area (Å²) in [7, 11) is 0. The standard InChI is InChI=1S/C31H57NO3/c1-3-5-7-9-11-12-13-14-15-16-17-18-19-21-22-24-26-30(34)29(28-33)32-31(35)27-25-23-20-10-8-6-4-2/h14-15,18-19,24,26,29-30,33-34H,3-13,16-17,20-23,25,27-28H2,1-2H3,(H,32,35)/b15-14+,19-18+,26-24+. The zero-order chi connectivity index (χ0) is 25.8. The molecule has 0 radical (unpaired) electrons. The third-order valence-electron chi connectivity index (χ3n) is 6.35. The number of aliphatic hydroxyl groups excluding tert-OH is 2. The van der Waals surface area contributed by atoms with Crippen LogP contribution in [0.1, 0.15) is 136 Å². The molecular weight excluding hydrogens is 434 g/mol. The van der Waals surface area contributed by atoms with Crippen LogP contribution in [0, 0.1) is 0 Å². The molecule has 0 rings (SSSR count). The zero-order valence-electron chi connectivity index (χ0n) is 23.1. The van der Waals surface area contributed by atoms with Gasteiger partial charge in [0.2, 0.25) is 5.91 Å². The second-order valence-corrected chi connectivity index (χ2v) is 9.80. The monoisotopic (exact) mass is 491 g/mol. The Morgan fingerprint density at radius 3 is 1.66 bits per heavy atom. The van der Waals surface area contributed by atoms with E-state index in [0.29, 0.717) is 6.42 Å². The summed E-state index contributed by atoms with van der Waals surface area (Å²) >= 11 is 0. The molecule has 2 atom stereocenters. The van der Waals surface area contributed by atoms with Gasteiger partial charge >= 0.3 is 0 Å². The Labute approximate surface area is 217 Å². The summed E-state index contributed by atoms with van der Waals surface area (Å²) in [4.78, 5) is 12.1. The number of rotatable bonds is 25. The summed E-state index contributed by atoms with van der Waals surface area (Å²) in [6.07, 6.45) is 33.7. The first kappa shape index (κ1) is 33.6. The normalized spacial score (nSPS) is 13.8. The van der Waals surface area contributed by atoms with Crippen LogP contribution in [0.5, 0.6) is 0 Å². The SMILES string of the molecule is CCCCCCCC/C=C/CC/C=C/CC/C=C/C(O)C(CO)NC(=O)CCCCCCCCC. The van der Waals surface area contributed by atoms with Gasteiger partial charge in [0.1, 0.15) is 0 Å². The lowest BCUT2D eigenvalue weighted by atomic mass is 10.1. The molecule has 0 aliphatic rings. The van der Waals surface area contributed by atoms with Crippen molar-refractivity contribution in [3.63, 3.8) is 0 Å². The van der Waals surface area contributed by atoms with Crippen molar-refractivity contribution < 1.29 is 15.0 Å². The van der Waals surface area contributed by atoms with E-state index in [1.54, 1.807) is 6.08 Å². The molecule has 0 aliphatic heterocycles. The highest BCUT2D eigenvalue weighted by atomic mass is 16.3. The van der Waals surface area contributed by atoms with Crippen LogP contribution < -0.4 is 5.32 Å². The summed E-state index contributed by atoms with van der Waals surface area (Å²) in [5.74, 6) is -0.0889. The molecular formula is C31H57NO3. The van der Waals surface area contributed by atoms with Gasteiger partial charge in [-0.15, -0.1) is 0 Å². The van der Waals surface area contributed by atoms with Gasteiger partial charge in [0, 0.05) is 6.42 Å². The van der Waals surface area contributed by atoms with Crippen molar-refractivity contribution in [3.05, 3.63) is 36.5 Å². The number of allylic oxidation sites excluding steroid dienone is 5. The molecule has 1 amide bonds. The van der Waals surface area contributed by atoms with E-state index in [0.717, 1.165) is 38.5 Å². The molecule has 0 aliphatic carbocycles. The fraction of sp³-hybridized carbons (Fsp3) is 0.774. The molecule has 3 N–H and O–H groups in total. The summed E-state index contributed by atoms with van der Waals surface area (Å²) in [5, 5.41) is 22.6. The summed E-state index contributed by atoms with van der Waals surface area (Å²) < 4.78 is 0. The molecule has 0 heterocycles. The quantitative estimate of drug-likeness (QED) is 0.0896. The smallest absolute Gasteiger partial charge is 0.220 e. The topological polar surface area (TPSA) is 69.6 Å². The Hall–Kier alpha value is -1.39. The number of amides is 1. The van der Waals surface area contributed by atoms with Gasteiger partial charge in [0.05, 0.1) is 18.8 Å². The molecule has 0 spiro atoms. The van der Waals surface area contributed by atoms with E-state index in [-0.39, 0.29) is 12.5 Å². The fourth-order valence-electron chi connectivity index (χ4n) is 4.03. The molecule has 0 aromatic carbocycles. The van der Waals surface area contributed by atoms with E-state index >= 15 is 0 Å². The number of carbonyl (C=O) groups excluding carboxylic acids is 1. The number of nitrogens with one attached hydrogen (secondary N) is 1. The molecule has 0 bridgehead atoms. The highest BCUT2D eigenvalue weighted by molar-refractivity contribution is 5.76. The molecule has 0 aromatic heterocycles. The van der Waals surface area contributed by atoms with Crippen molar-refractivity contribution in [2.45, 2.75) is 148 Å². The highest BCUT2D eigenvalue weighted by Gasteiger charge is 2.17. The van der Waals surface area contributed by atoms with Crippen molar-refractivity contribution in [2.24, 2.45) is 0 Å². The average Bonchev–Trinajstić information content (AvgIpc) is 2.86. The van der Waals surface area contributed by atoms with E-state index in [4.69, 9.17) is 0 Å². The molecule has 0 saturated heterocycles. The van der Waals surface area contributed by atoms with Crippen LogP contribution in [0.3, 0.4) is 0 Å². The third kappa shape index (κ3) is 24.1. The fourth-order valence-corrected chi connectivity index (χ4v) is 4.03. The molecule has 0 saturated carbocycles. The number of hydrogen-bond acceptors (Lipinski definition) is 3. The van der Waals surface area contributed by atoms with Gasteiger partial charge in [0.15, 0.2) is 0 Å². The van der Waals surface area contributed by atoms with E-state index in [1.165, 1.54) is 77.0 Å².